The quantitative estimate of drug-likeness (QED) is 0.597. The molecule has 8 nitrogen and oxygen atoms in total. The summed E-state index contributed by atoms with van der Waals surface area (Å²) in [4.78, 5) is 29.5. The van der Waals surface area contributed by atoms with E-state index in [1.54, 1.807) is 41.8 Å². The molecule has 0 spiro atoms. The molecule has 150 valence electrons. The molecule has 1 aliphatic rings. The van der Waals surface area contributed by atoms with Crippen molar-refractivity contribution in [3.63, 3.8) is 0 Å². The highest BCUT2D eigenvalue weighted by molar-refractivity contribution is 7.16. The first-order chi connectivity index (χ1) is 14.1. The molecule has 1 aromatic heterocycles. The number of nitrogens with zero attached hydrogens (tertiary/aromatic N) is 2. The van der Waals surface area contributed by atoms with Crippen LogP contribution in [0.1, 0.15) is 17.3 Å². The molecule has 0 bridgehead atoms. The first-order valence-corrected chi connectivity index (χ1v) is 9.72. The van der Waals surface area contributed by atoms with Crippen LogP contribution < -0.4 is 19.0 Å². The van der Waals surface area contributed by atoms with Crippen LogP contribution in [-0.2, 0) is 16.1 Å². The van der Waals surface area contributed by atoms with Crippen molar-refractivity contribution in [2.45, 2.75) is 13.5 Å². The third-order valence-corrected chi connectivity index (χ3v) is 5.32. The predicted molar refractivity (Wildman–Crippen MR) is 105 cm³/mol. The summed E-state index contributed by atoms with van der Waals surface area (Å²) in [6.07, 6.45) is 0. The summed E-state index contributed by atoms with van der Waals surface area (Å²) in [5.74, 6) is 0.909. The van der Waals surface area contributed by atoms with Crippen molar-refractivity contribution in [1.82, 2.24) is 4.57 Å². The van der Waals surface area contributed by atoms with E-state index in [9.17, 15) is 9.59 Å². The highest BCUT2D eigenvalue weighted by Crippen LogP contribution is 2.37. The van der Waals surface area contributed by atoms with Gasteiger partial charge in [-0.3, -0.25) is 9.59 Å². The van der Waals surface area contributed by atoms with E-state index in [0.29, 0.717) is 33.1 Å². The standard InChI is InChI=1S/C20H18N2O6S/c1-3-26-18(23)10-22-14-8-15-16(28-11-27-15)9-17(14)29-20(22)21-19(24)12-5-4-6-13(7-12)25-2/h4-9H,3,10-11H2,1-2H3. The summed E-state index contributed by atoms with van der Waals surface area (Å²) in [5.41, 5.74) is 1.10. The zero-order valence-corrected chi connectivity index (χ0v) is 16.7. The smallest absolute Gasteiger partial charge is 0.326 e. The third kappa shape index (κ3) is 3.81. The van der Waals surface area contributed by atoms with Crippen LogP contribution in [0.5, 0.6) is 17.2 Å². The molecule has 1 aliphatic heterocycles. The number of fused-ring (bicyclic) bond motifs is 2. The summed E-state index contributed by atoms with van der Waals surface area (Å²) >= 11 is 1.28. The number of rotatable bonds is 5. The molecule has 0 fully saturated rings. The minimum absolute atomic E-state index is 0.0717. The third-order valence-electron chi connectivity index (χ3n) is 4.28. The van der Waals surface area contributed by atoms with Crippen LogP contribution in [0, 0.1) is 0 Å². The normalized spacial score (nSPS) is 13.0. The zero-order valence-electron chi connectivity index (χ0n) is 15.8. The summed E-state index contributed by atoms with van der Waals surface area (Å²) in [6.45, 7) is 2.08. The summed E-state index contributed by atoms with van der Waals surface area (Å²) in [7, 11) is 1.53. The Labute approximate surface area is 169 Å². The van der Waals surface area contributed by atoms with Crippen LogP contribution in [0.3, 0.4) is 0 Å². The van der Waals surface area contributed by atoms with Crippen molar-refractivity contribution in [2.75, 3.05) is 20.5 Å². The van der Waals surface area contributed by atoms with Crippen molar-refractivity contribution < 1.29 is 28.5 Å². The molecule has 0 radical (unpaired) electrons. The predicted octanol–water partition coefficient (Wildman–Crippen LogP) is 2.74. The molecule has 0 saturated carbocycles. The topological polar surface area (TPSA) is 88.4 Å². The highest BCUT2D eigenvalue weighted by atomic mass is 32.1. The fraction of sp³-hybridized carbons (Fsp3) is 0.250. The van der Waals surface area contributed by atoms with E-state index in [1.165, 1.54) is 18.4 Å². The van der Waals surface area contributed by atoms with E-state index < -0.39 is 11.9 Å². The molecule has 2 heterocycles. The Morgan fingerprint density at radius 2 is 2.00 bits per heavy atom. The average molecular weight is 414 g/mol. The van der Waals surface area contributed by atoms with Gasteiger partial charge >= 0.3 is 5.97 Å². The van der Waals surface area contributed by atoms with Gasteiger partial charge in [0.1, 0.15) is 12.3 Å². The molecule has 1 amide bonds. The van der Waals surface area contributed by atoms with E-state index in [-0.39, 0.29) is 19.9 Å². The Bertz CT molecular complexity index is 1160. The van der Waals surface area contributed by atoms with Gasteiger partial charge in [-0.1, -0.05) is 17.4 Å². The first kappa shape index (κ1) is 19.0. The number of hydrogen-bond acceptors (Lipinski definition) is 7. The summed E-state index contributed by atoms with van der Waals surface area (Å²) < 4.78 is 23.6. The highest BCUT2D eigenvalue weighted by Gasteiger charge is 2.19. The van der Waals surface area contributed by atoms with E-state index >= 15 is 0 Å². The number of thiazole rings is 1. The second kappa shape index (κ2) is 7.96. The number of carbonyl (C=O) groups excluding carboxylic acids is 2. The molecule has 2 aromatic carbocycles. The number of esters is 1. The molecular weight excluding hydrogens is 396 g/mol. The summed E-state index contributed by atoms with van der Waals surface area (Å²) in [5, 5.41) is 0. The Morgan fingerprint density at radius 3 is 2.76 bits per heavy atom. The van der Waals surface area contributed by atoms with E-state index in [1.807, 2.05) is 6.07 Å². The number of benzene rings is 2. The van der Waals surface area contributed by atoms with Gasteiger partial charge in [0.2, 0.25) is 6.79 Å². The van der Waals surface area contributed by atoms with Crippen LogP contribution >= 0.6 is 11.3 Å². The lowest BCUT2D eigenvalue weighted by Crippen LogP contribution is -2.23. The largest absolute Gasteiger partial charge is 0.497 e. The molecule has 9 heteroatoms. The SMILES string of the molecule is CCOC(=O)Cn1c(=NC(=O)c2cccc(OC)c2)sc2cc3c(cc21)OCO3. The van der Waals surface area contributed by atoms with Gasteiger partial charge in [-0.2, -0.15) is 4.99 Å². The molecule has 0 saturated heterocycles. The first-order valence-electron chi connectivity index (χ1n) is 8.90. The number of hydrogen-bond donors (Lipinski definition) is 0. The van der Waals surface area contributed by atoms with Crippen LogP contribution in [0.15, 0.2) is 41.4 Å². The molecule has 0 unspecified atom stereocenters. The monoisotopic (exact) mass is 414 g/mol. The number of aromatic nitrogens is 1. The number of methoxy groups -OCH3 is 1. The lowest BCUT2D eigenvalue weighted by Gasteiger charge is -2.06. The zero-order chi connectivity index (χ0) is 20.4. The van der Waals surface area contributed by atoms with Gasteiger partial charge in [0.05, 0.1) is 23.9 Å². The lowest BCUT2D eigenvalue weighted by atomic mass is 10.2. The second-order valence-corrected chi connectivity index (χ2v) is 7.11. The molecule has 3 aromatic rings. The maximum Gasteiger partial charge on any atom is 0.326 e. The number of carbonyl (C=O) groups is 2. The van der Waals surface area contributed by atoms with Crippen LogP contribution in [-0.4, -0.2) is 37.0 Å². The molecule has 0 aliphatic carbocycles. The maximum atomic E-state index is 12.7. The van der Waals surface area contributed by atoms with Gasteiger partial charge in [-0.25, -0.2) is 0 Å². The minimum Gasteiger partial charge on any atom is -0.497 e. The van der Waals surface area contributed by atoms with E-state index in [4.69, 9.17) is 18.9 Å². The van der Waals surface area contributed by atoms with Gasteiger partial charge in [-0.15, -0.1) is 0 Å². The Kier molecular flexibility index (Phi) is 5.22. The summed E-state index contributed by atoms with van der Waals surface area (Å²) in [6, 6.07) is 10.3. The molecule has 0 N–H and O–H groups in total. The van der Waals surface area contributed by atoms with Gasteiger partial charge in [0.15, 0.2) is 16.3 Å². The van der Waals surface area contributed by atoms with Crippen LogP contribution in [0.2, 0.25) is 0 Å². The Morgan fingerprint density at radius 1 is 1.21 bits per heavy atom. The van der Waals surface area contributed by atoms with Crippen LogP contribution in [0.4, 0.5) is 0 Å². The maximum absolute atomic E-state index is 12.7. The molecule has 0 atom stereocenters. The minimum atomic E-state index is -0.437. The van der Waals surface area contributed by atoms with Gasteiger partial charge in [0.25, 0.3) is 5.91 Å². The second-order valence-electron chi connectivity index (χ2n) is 6.10. The molecule has 29 heavy (non-hydrogen) atoms. The van der Waals surface area contributed by atoms with E-state index in [2.05, 4.69) is 4.99 Å². The van der Waals surface area contributed by atoms with Crippen molar-refractivity contribution in [2.24, 2.45) is 4.99 Å². The van der Waals surface area contributed by atoms with Gasteiger partial charge in [-0.05, 0) is 25.1 Å². The van der Waals surface area contributed by atoms with Crippen molar-refractivity contribution in [3.8, 4) is 17.2 Å². The molecular formula is C20H18N2O6S. The number of amides is 1. The van der Waals surface area contributed by atoms with Crippen molar-refractivity contribution in [1.29, 1.82) is 0 Å². The van der Waals surface area contributed by atoms with Gasteiger partial charge in [0, 0.05) is 17.7 Å². The van der Waals surface area contributed by atoms with Crippen molar-refractivity contribution >= 4 is 33.4 Å². The van der Waals surface area contributed by atoms with E-state index in [0.717, 1.165) is 4.70 Å². The van der Waals surface area contributed by atoms with Crippen molar-refractivity contribution in [3.05, 3.63) is 46.8 Å². The fourth-order valence-corrected chi connectivity index (χ4v) is 3.98. The Hall–Kier alpha value is -3.33. The Balaban J connectivity index is 1.82. The fourth-order valence-electron chi connectivity index (χ4n) is 2.94. The lowest BCUT2D eigenvalue weighted by molar-refractivity contribution is -0.143. The molecule has 4 rings (SSSR count). The van der Waals surface area contributed by atoms with Gasteiger partial charge < -0.3 is 23.5 Å². The average Bonchev–Trinajstić information content (AvgIpc) is 3.30. The van der Waals surface area contributed by atoms with Crippen LogP contribution in [0.25, 0.3) is 10.2 Å². The number of ether oxygens (including phenoxy) is 4.